The number of carboxylic acids is 1. The van der Waals surface area contributed by atoms with Crippen molar-refractivity contribution in [2.45, 2.75) is 20.3 Å². The van der Waals surface area contributed by atoms with Crippen LogP contribution in [0.2, 0.25) is 0 Å². The molecule has 0 saturated heterocycles. The first-order valence-electron chi connectivity index (χ1n) is 13.4. The molecule has 0 heterocycles. The van der Waals surface area contributed by atoms with Gasteiger partial charge in [0.1, 0.15) is 23.3 Å². The average molecular weight is 555 g/mol. The number of hydrogen-bond donors (Lipinski definition) is 1. The van der Waals surface area contributed by atoms with E-state index in [-0.39, 0.29) is 17.8 Å². The molecule has 6 heteroatoms. The minimum Gasteiger partial charge on any atom is -0.477 e. The molecule has 0 amide bonds. The number of esters is 1. The molecule has 0 aliphatic heterocycles. The van der Waals surface area contributed by atoms with E-state index in [0.717, 1.165) is 34.2 Å². The van der Waals surface area contributed by atoms with E-state index in [4.69, 9.17) is 4.74 Å². The van der Waals surface area contributed by atoms with E-state index in [2.05, 4.69) is 0 Å². The summed E-state index contributed by atoms with van der Waals surface area (Å²) in [6, 6.07) is 39.3. The molecular weight excluding hydrogens is 524 g/mol. The van der Waals surface area contributed by atoms with E-state index in [1.165, 1.54) is 0 Å². The molecule has 208 valence electrons. The molecule has 4 rings (SSSR count). The van der Waals surface area contributed by atoms with Crippen molar-refractivity contribution in [1.29, 1.82) is 10.5 Å². The Hall–Kier alpha value is -5.72. The minimum absolute atomic E-state index is 0.0225. The van der Waals surface area contributed by atoms with E-state index in [0.29, 0.717) is 11.1 Å². The second-order valence-corrected chi connectivity index (χ2v) is 8.86. The number of hydrogen-bond acceptors (Lipinski definition) is 5. The Balaban J connectivity index is 0.000000230. The smallest absolute Gasteiger partial charge is 0.349 e. The molecule has 0 aliphatic rings. The lowest BCUT2D eigenvalue weighted by molar-refractivity contribution is -0.138. The van der Waals surface area contributed by atoms with Crippen molar-refractivity contribution < 1.29 is 19.4 Å². The molecule has 0 aliphatic carbocycles. The summed E-state index contributed by atoms with van der Waals surface area (Å²) in [4.78, 5) is 23.5. The largest absolute Gasteiger partial charge is 0.477 e. The number of carboxylic acid groups (broad SMARTS) is 1. The molecule has 0 radical (unpaired) electrons. The van der Waals surface area contributed by atoms with Crippen LogP contribution in [-0.4, -0.2) is 23.7 Å². The van der Waals surface area contributed by atoms with Gasteiger partial charge in [-0.25, -0.2) is 9.59 Å². The van der Waals surface area contributed by atoms with Gasteiger partial charge in [0.15, 0.2) is 0 Å². The van der Waals surface area contributed by atoms with Crippen LogP contribution in [-0.2, 0) is 20.7 Å². The highest BCUT2D eigenvalue weighted by atomic mass is 16.5. The van der Waals surface area contributed by atoms with Gasteiger partial charge >= 0.3 is 11.9 Å². The molecule has 0 saturated carbocycles. The van der Waals surface area contributed by atoms with Gasteiger partial charge in [0.25, 0.3) is 0 Å². The standard InChI is InChI=1S/2C18H15NO2/c1-2-21-18(20)16(13-19)17(14-9-5-3-6-10-14)15-11-7-4-8-12-15;1-2-13-8-6-7-11-15(13)17(16(12-19)18(20)21)14-9-4-3-5-10-14/h3-12H,2H2,1H3;3-11H,2H2,1H3,(H,20,21). The number of nitriles is 2. The Morgan fingerprint density at radius 1 is 0.643 bits per heavy atom. The first-order chi connectivity index (χ1) is 20.5. The van der Waals surface area contributed by atoms with Gasteiger partial charge in [0, 0.05) is 11.1 Å². The molecule has 4 aromatic carbocycles. The quantitative estimate of drug-likeness (QED) is 0.140. The first-order valence-corrected chi connectivity index (χ1v) is 13.4. The summed E-state index contributed by atoms with van der Waals surface area (Å²) in [6.45, 7) is 3.97. The van der Waals surface area contributed by atoms with Crippen molar-refractivity contribution in [2.75, 3.05) is 6.61 Å². The van der Waals surface area contributed by atoms with Crippen LogP contribution in [0.25, 0.3) is 11.1 Å². The Morgan fingerprint density at radius 2 is 1.07 bits per heavy atom. The van der Waals surface area contributed by atoms with E-state index in [1.807, 2.05) is 134 Å². The second-order valence-electron chi connectivity index (χ2n) is 8.86. The zero-order valence-corrected chi connectivity index (χ0v) is 23.5. The predicted molar refractivity (Wildman–Crippen MR) is 163 cm³/mol. The fourth-order valence-electron chi connectivity index (χ4n) is 4.39. The Bertz CT molecular complexity index is 1620. The van der Waals surface area contributed by atoms with Gasteiger partial charge in [0.2, 0.25) is 0 Å². The van der Waals surface area contributed by atoms with Crippen LogP contribution in [0.5, 0.6) is 0 Å². The Kier molecular flexibility index (Phi) is 11.6. The number of ether oxygens (including phenoxy) is 1. The number of aryl methyl sites for hydroxylation is 1. The third-order valence-electron chi connectivity index (χ3n) is 6.27. The van der Waals surface area contributed by atoms with Crippen LogP contribution in [0, 0.1) is 22.7 Å². The highest BCUT2D eigenvalue weighted by Crippen LogP contribution is 2.30. The fraction of sp³-hybridized carbons (Fsp3) is 0.111. The number of aliphatic carboxylic acids is 1. The molecule has 4 aromatic rings. The third kappa shape index (κ3) is 7.69. The van der Waals surface area contributed by atoms with Gasteiger partial charge in [-0.05, 0) is 41.2 Å². The van der Waals surface area contributed by atoms with Crippen molar-refractivity contribution in [2.24, 2.45) is 0 Å². The molecule has 6 nitrogen and oxygen atoms in total. The summed E-state index contributed by atoms with van der Waals surface area (Å²) < 4.78 is 5.00. The summed E-state index contributed by atoms with van der Waals surface area (Å²) in [5.74, 6) is -1.80. The fourth-order valence-corrected chi connectivity index (χ4v) is 4.39. The van der Waals surface area contributed by atoms with Crippen LogP contribution < -0.4 is 0 Å². The zero-order valence-electron chi connectivity index (χ0n) is 23.5. The van der Waals surface area contributed by atoms with E-state index >= 15 is 0 Å². The van der Waals surface area contributed by atoms with Crippen LogP contribution in [0.3, 0.4) is 0 Å². The SMILES string of the molecule is CCOC(=O)C(C#N)=C(c1ccccc1)c1ccccc1.CCc1ccccc1C(=C(C#N)C(=O)O)c1ccccc1. The van der Waals surface area contributed by atoms with Crippen molar-refractivity contribution in [1.82, 2.24) is 0 Å². The van der Waals surface area contributed by atoms with E-state index in [1.54, 1.807) is 6.92 Å². The number of rotatable bonds is 8. The molecule has 0 fully saturated rings. The second kappa shape index (κ2) is 15.8. The molecule has 0 aromatic heterocycles. The maximum absolute atomic E-state index is 12.1. The molecule has 0 spiro atoms. The van der Waals surface area contributed by atoms with Gasteiger partial charge in [-0.3, -0.25) is 0 Å². The summed E-state index contributed by atoms with van der Waals surface area (Å²) in [7, 11) is 0. The minimum atomic E-state index is -1.21. The number of carbonyl (C=O) groups excluding carboxylic acids is 1. The summed E-state index contributed by atoms with van der Waals surface area (Å²) in [5.41, 5.74) is 5.03. The highest BCUT2D eigenvalue weighted by molar-refractivity contribution is 6.05. The van der Waals surface area contributed by atoms with Crippen LogP contribution in [0.15, 0.2) is 126 Å². The maximum atomic E-state index is 12.1. The number of carbonyl (C=O) groups is 2. The zero-order chi connectivity index (χ0) is 30.3. The third-order valence-corrected chi connectivity index (χ3v) is 6.27. The Labute approximate surface area is 246 Å². The van der Waals surface area contributed by atoms with Gasteiger partial charge < -0.3 is 9.84 Å². The lowest BCUT2D eigenvalue weighted by Gasteiger charge is -2.13. The summed E-state index contributed by atoms with van der Waals surface area (Å²) in [6.07, 6.45) is 0.769. The van der Waals surface area contributed by atoms with E-state index < -0.39 is 11.9 Å². The van der Waals surface area contributed by atoms with Crippen molar-refractivity contribution in [3.63, 3.8) is 0 Å². The molecule has 1 N–H and O–H groups in total. The number of nitrogens with zero attached hydrogens (tertiary/aromatic N) is 2. The van der Waals surface area contributed by atoms with Gasteiger partial charge in [-0.1, -0.05) is 122 Å². The average Bonchev–Trinajstić information content (AvgIpc) is 3.03. The first kappa shape index (κ1) is 30.8. The predicted octanol–water partition coefficient (Wildman–Crippen LogP) is 7.23. The Morgan fingerprint density at radius 3 is 1.48 bits per heavy atom. The normalized spacial score (nSPS) is 10.5. The number of benzene rings is 4. The monoisotopic (exact) mass is 554 g/mol. The molecule has 0 atom stereocenters. The highest BCUT2D eigenvalue weighted by Gasteiger charge is 2.20. The molecule has 0 bridgehead atoms. The van der Waals surface area contributed by atoms with Crippen molar-refractivity contribution >= 4 is 23.1 Å². The van der Waals surface area contributed by atoms with Gasteiger partial charge in [-0.2, -0.15) is 10.5 Å². The van der Waals surface area contributed by atoms with Gasteiger partial charge in [0.05, 0.1) is 6.61 Å². The van der Waals surface area contributed by atoms with Crippen LogP contribution in [0.4, 0.5) is 0 Å². The summed E-state index contributed by atoms with van der Waals surface area (Å²) in [5, 5.41) is 28.0. The van der Waals surface area contributed by atoms with E-state index in [9.17, 15) is 25.2 Å². The topological polar surface area (TPSA) is 111 Å². The lowest BCUT2D eigenvalue weighted by atomic mass is 9.89. The van der Waals surface area contributed by atoms with Crippen molar-refractivity contribution in [3.05, 3.63) is 154 Å². The maximum Gasteiger partial charge on any atom is 0.349 e. The molecule has 0 unspecified atom stereocenters. The summed E-state index contributed by atoms with van der Waals surface area (Å²) >= 11 is 0. The van der Waals surface area contributed by atoms with Gasteiger partial charge in [-0.15, -0.1) is 0 Å². The molecule has 42 heavy (non-hydrogen) atoms. The van der Waals surface area contributed by atoms with Crippen molar-refractivity contribution in [3.8, 4) is 12.1 Å². The van der Waals surface area contributed by atoms with Crippen LogP contribution >= 0.6 is 0 Å². The molecular formula is C36H30N2O4. The van der Waals surface area contributed by atoms with Crippen LogP contribution in [0.1, 0.15) is 41.7 Å². The lowest BCUT2D eigenvalue weighted by Crippen LogP contribution is -2.09.